The fourth-order valence-electron chi connectivity index (χ4n) is 1.61. The maximum Gasteiger partial charge on any atom is 0.229 e. The topological polar surface area (TPSA) is 59.2 Å². The van der Waals surface area contributed by atoms with Gasteiger partial charge in [0.2, 0.25) is 5.91 Å². The second-order valence-corrected chi connectivity index (χ2v) is 5.58. The molecule has 0 radical (unpaired) electrons. The Labute approximate surface area is 107 Å². The van der Waals surface area contributed by atoms with Crippen LogP contribution in [0.3, 0.4) is 0 Å². The molecule has 1 aromatic rings. The molecule has 1 heterocycles. The van der Waals surface area contributed by atoms with Crippen molar-refractivity contribution < 1.29 is 4.79 Å². The fourth-order valence-corrected chi connectivity index (χ4v) is 2.44. The van der Waals surface area contributed by atoms with Gasteiger partial charge in [0.1, 0.15) is 0 Å². The summed E-state index contributed by atoms with van der Waals surface area (Å²) < 4.78 is 0. The Balaban J connectivity index is 2.74. The van der Waals surface area contributed by atoms with Crippen LogP contribution in [0.25, 0.3) is 0 Å². The van der Waals surface area contributed by atoms with Crippen molar-refractivity contribution in [2.45, 2.75) is 33.7 Å². The molecule has 4 nitrogen and oxygen atoms in total. The van der Waals surface area contributed by atoms with Crippen LogP contribution < -0.4 is 5.73 Å². The van der Waals surface area contributed by atoms with E-state index in [1.165, 1.54) is 0 Å². The molecule has 0 saturated carbocycles. The van der Waals surface area contributed by atoms with Crippen LogP contribution >= 0.6 is 11.3 Å². The first-order chi connectivity index (χ1) is 7.94. The number of aryl methyl sites for hydroxylation is 1. The SMILES string of the molecule is CCC(C)(CN)C(=O)N(C)Cc1scnc1C. The summed E-state index contributed by atoms with van der Waals surface area (Å²) in [6, 6.07) is 0. The largest absolute Gasteiger partial charge is 0.340 e. The molecule has 17 heavy (non-hydrogen) atoms. The molecule has 1 unspecified atom stereocenters. The number of amides is 1. The summed E-state index contributed by atoms with van der Waals surface area (Å²) in [6.07, 6.45) is 0.758. The third-order valence-corrected chi connectivity index (χ3v) is 4.24. The Bertz CT molecular complexity index is 385. The van der Waals surface area contributed by atoms with Crippen molar-refractivity contribution >= 4 is 17.2 Å². The number of carbonyl (C=O) groups is 1. The van der Waals surface area contributed by atoms with Crippen LogP contribution in [0.2, 0.25) is 0 Å². The minimum Gasteiger partial charge on any atom is -0.340 e. The third kappa shape index (κ3) is 3.04. The Kier molecular flexibility index (Phi) is 4.65. The maximum atomic E-state index is 12.3. The lowest BCUT2D eigenvalue weighted by Crippen LogP contribution is -2.44. The van der Waals surface area contributed by atoms with Crippen molar-refractivity contribution in [3.63, 3.8) is 0 Å². The van der Waals surface area contributed by atoms with E-state index in [2.05, 4.69) is 4.98 Å². The molecule has 1 amide bonds. The summed E-state index contributed by atoms with van der Waals surface area (Å²) in [5, 5.41) is 0. The number of thiazole rings is 1. The predicted molar refractivity (Wildman–Crippen MR) is 70.8 cm³/mol. The second-order valence-electron chi connectivity index (χ2n) is 4.64. The van der Waals surface area contributed by atoms with Gasteiger partial charge in [-0.1, -0.05) is 6.92 Å². The van der Waals surface area contributed by atoms with Crippen molar-refractivity contribution in [2.24, 2.45) is 11.1 Å². The quantitative estimate of drug-likeness (QED) is 0.872. The fraction of sp³-hybridized carbons (Fsp3) is 0.667. The van der Waals surface area contributed by atoms with Gasteiger partial charge in [0.05, 0.1) is 23.2 Å². The minimum atomic E-state index is -0.451. The number of hydrogen-bond donors (Lipinski definition) is 1. The number of nitrogens with zero attached hydrogens (tertiary/aromatic N) is 2. The van der Waals surface area contributed by atoms with Crippen LogP contribution in [0, 0.1) is 12.3 Å². The molecule has 0 bridgehead atoms. The highest BCUT2D eigenvalue weighted by Gasteiger charge is 2.32. The van der Waals surface area contributed by atoms with E-state index < -0.39 is 5.41 Å². The lowest BCUT2D eigenvalue weighted by atomic mass is 9.86. The summed E-state index contributed by atoms with van der Waals surface area (Å²) in [5.41, 5.74) is 8.06. The van der Waals surface area contributed by atoms with Crippen LogP contribution in [0.4, 0.5) is 0 Å². The molecular formula is C12H21N3OS. The van der Waals surface area contributed by atoms with Gasteiger partial charge in [0.15, 0.2) is 0 Å². The van der Waals surface area contributed by atoms with Crippen molar-refractivity contribution in [3.05, 3.63) is 16.1 Å². The predicted octanol–water partition coefficient (Wildman–Crippen LogP) is 1.78. The Hall–Kier alpha value is -0.940. The van der Waals surface area contributed by atoms with Gasteiger partial charge in [-0.3, -0.25) is 4.79 Å². The second kappa shape index (κ2) is 5.60. The zero-order chi connectivity index (χ0) is 13.1. The molecule has 1 atom stereocenters. The van der Waals surface area contributed by atoms with Crippen LogP contribution in [0.1, 0.15) is 30.8 Å². The number of carbonyl (C=O) groups excluding carboxylic acids is 1. The van der Waals surface area contributed by atoms with Gasteiger partial charge < -0.3 is 10.6 Å². The van der Waals surface area contributed by atoms with E-state index >= 15 is 0 Å². The van der Waals surface area contributed by atoms with E-state index in [-0.39, 0.29) is 5.91 Å². The van der Waals surface area contributed by atoms with E-state index in [0.29, 0.717) is 13.1 Å². The number of rotatable bonds is 5. The molecule has 96 valence electrons. The van der Waals surface area contributed by atoms with E-state index in [9.17, 15) is 4.79 Å². The van der Waals surface area contributed by atoms with Crippen LogP contribution in [0.5, 0.6) is 0 Å². The molecule has 0 aliphatic carbocycles. The minimum absolute atomic E-state index is 0.107. The summed E-state index contributed by atoms with van der Waals surface area (Å²) in [4.78, 5) is 19.4. The molecule has 0 aliphatic rings. The normalized spacial score (nSPS) is 14.4. The summed E-state index contributed by atoms with van der Waals surface area (Å²) in [5.74, 6) is 0.107. The Morgan fingerprint density at radius 1 is 1.65 bits per heavy atom. The molecule has 1 aromatic heterocycles. The van der Waals surface area contributed by atoms with Crippen molar-refractivity contribution in [3.8, 4) is 0 Å². The van der Waals surface area contributed by atoms with Crippen molar-refractivity contribution in [2.75, 3.05) is 13.6 Å². The van der Waals surface area contributed by atoms with Crippen molar-refractivity contribution in [1.82, 2.24) is 9.88 Å². The first kappa shape index (κ1) is 14.1. The lowest BCUT2D eigenvalue weighted by molar-refractivity contribution is -0.140. The highest BCUT2D eigenvalue weighted by molar-refractivity contribution is 7.09. The molecular weight excluding hydrogens is 234 g/mol. The van der Waals surface area contributed by atoms with Gasteiger partial charge in [-0.25, -0.2) is 4.98 Å². The van der Waals surface area contributed by atoms with E-state index in [1.54, 1.807) is 16.2 Å². The summed E-state index contributed by atoms with van der Waals surface area (Å²) in [6.45, 7) is 6.88. The van der Waals surface area contributed by atoms with Crippen molar-refractivity contribution in [1.29, 1.82) is 0 Å². The molecule has 5 heteroatoms. The van der Waals surface area contributed by atoms with E-state index in [1.807, 2.05) is 33.3 Å². The van der Waals surface area contributed by atoms with Crippen LogP contribution in [-0.4, -0.2) is 29.4 Å². The number of nitrogens with two attached hydrogens (primary N) is 1. The monoisotopic (exact) mass is 255 g/mol. The maximum absolute atomic E-state index is 12.3. The highest BCUT2D eigenvalue weighted by atomic mass is 32.1. The molecule has 0 aromatic carbocycles. The van der Waals surface area contributed by atoms with Gasteiger partial charge in [-0.05, 0) is 20.3 Å². The Morgan fingerprint density at radius 2 is 2.29 bits per heavy atom. The van der Waals surface area contributed by atoms with E-state index in [0.717, 1.165) is 17.0 Å². The smallest absolute Gasteiger partial charge is 0.229 e. The van der Waals surface area contributed by atoms with Crippen LogP contribution in [-0.2, 0) is 11.3 Å². The standard InChI is InChI=1S/C12H21N3OS/c1-5-12(3,7-13)11(16)15(4)6-10-9(2)14-8-17-10/h8H,5-7,13H2,1-4H3. The van der Waals surface area contributed by atoms with Gasteiger partial charge in [0, 0.05) is 18.5 Å². The molecule has 0 spiro atoms. The van der Waals surface area contributed by atoms with E-state index in [4.69, 9.17) is 5.73 Å². The summed E-state index contributed by atoms with van der Waals surface area (Å²) >= 11 is 1.58. The Morgan fingerprint density at radius 3 is 2.71 bits per heavy atom. The van der Waals surface area contributed by atoms with Gasteiger partial charge >= 0.3 is 0 Å². The molecule has 0 aliphatic heterocycles. The highest BCUT2D eigenvalue weighted by Crippen LogP contribution is 2.24. The van der Waals surface area contributed by atoms with Gasteiger partial charge in [0.25, 0.3) is 0 Å². The third-order valence-electron chi connectivity index (χ3n) is 3.32. The lowest BCUT2D eigenvalue weighted by Gasteiger charge is -2.30. The molecule has 0 fully saturated rings. The number of aromatic nitrogens is 1. The summed E-state index contributed by atoms with van der Waals surface area (Å²) in [7, 11) is 1.82. The zero-order valence-corrected chi connectivity index (χ0v) is 11.8. The zero-order valence-electron chi connectivity index (χ0n) is 11.0. The first-order valence-electron chi connectivity index (χ1n) is 5.79. The average molecular weight is 255 g/mol. The van der Waals surface area contributed by atoms with Crippen LogP contribution in [0.15, 0.2) is 5.51 Å². The molecule has 2 N–H and O–H groups in total. The van der Waals surface area contributed by atoms with Gasteiger partial charge in [-0.2, -0.15) is 0 Å². The molecule has 1 rings (SSSR count). The first-order valence-corrected chi connectivity index (χ1v) is 6.67. The average Bonchev–Trinajstić information content (AvgIpc) is 2.73. The molecule has 0 saturated heterocycles. The number of hydrogen-bond acceptors (Lipinski definition) is 4. The van der Waals surface area contributed by atoms with Gasteiger partial charge in [-0.15, -0.1) is 11.3 Å².